The number of carbonyl (C=O) groups excluding carboxylic acids is 2. The van der Waals surface area contributed by atoms with Gasteiger partial charge in [0.2, 0.25) is 0 Å². The summed E-state index contributed by atoms with van der Waals surface area (Å²) in [6.45, 7) is 2.32. The number of Topliss-reactive ketones (excluding diaryl/α,β-unsaturated/α-hetero) is 1. The molecule has 1 aromatic carbocycles. The molecule has 2 heterocycles. The van der Waals surface area contributed by atoms with E-state index in [2.05, 4.69) is 4.98 Å². The predicted molar refractivity (Wildman–Crippen MR) is 101 cm³/mol. The van der Waals surface area contributed by atoms with Gasteiger partial charge in [0, 0.05) is 12.7 Å². The molecule has 0 spiro atoms. The third kappa shape index (κ3) is 3.47. The molecule has 1 aliphatic heterocycles. The van der Waals surface area contributed by atoms with Gasteiger partial charge in [-0.25, -0.2) is 4.39 Å². The van der Waals surface area contributed by atoms with Gasteiger partial charge < -0.3 is 14.7 Å². The number of carbonyl (C=O) groups is 2. The van der Waals surface area contributed by atoms with E-state index in [1.807, 2.05) is 6.92 Å². The van der Waals surface area contributed by atoms with Gasteiger partial charge in [-0.15, -0.1) is 0 Å². The van der Waals surface area contributed by atoms with E-state index in [-0.39, 0.29) is 16.9 Å². The van der Waals surface area contributed by atoms with Crippen LogP contribution in [0.25, 0.3) is 5.76 Å². The van der Waals surface area contributed by atoms with Crippen molar-refractivity contribution in [3.63, 3.8) is 0 Å². The first-order valence-corrected chi connectivity index (χ1v) is 9.02. The SMILES string of the molecule is CCCCN1C(=O)C(=O)/C(=C(/O)c2cc(F)ccc2OC)C1c1ccccn1. The fourth-order valence-electron chi connectivity index (χ4n) is 3.29. The maximum absolute atomic E-state index is 13.8. The first-order chi connectivity index (χ1) is 13.5. The number of amides is 1. The highest BCUT2D eigenvalue weighted by Crippen LogP contribution is 2.40. The number of halogens is 1. The van der Waals surface area contributed by atoms with Crippen molar-refractivity contribution in [2.45, 2.75) is 25.8 Å². The molecule has 7 heteroatoms. The summed E-state index contributed by atoms with van der Waals surface area (Å²) in [7, 11) is 1.38. The largest absolute Gasteiger partial charge is 0.507 e. The number of likely N-dealkylation sites (tertiary alicyclic amines) is 1. The smallest absolute Gasteiger partial charge is 0.295 e. The van der Waals surface area contributed by atoms with Gasteiger partial charge >= 0.3 is 0 Å². The maximum Gasteiger partial charge on any atom is 0.295 e. The fourth-order valence-corrected chi connectivity index (χ4v) is 3.29. The summed E-state index contributed by atoms with van der Waals surface area (Å²) in [4.78, 5) is 31.1. The van der Waals surface area contributed by atoms with E-state index < -0.39 is 29.3 Å². The van der Waals surface area contributed by atoms with Crippen LogP contribution in [0.5, 0.6) is 5.75 Å². The number of aliphatic hydroxyl groups is 1. The number of unbranched alkanes of at least 4 members (excludes halogenated alkanes) is 1. The Hall–Kier alpha value is -3.22. The van der Waals surface area contributed by atoms with Crippen molar-refractivity contribution >= 4 is 17.4 Å². The highest BCUT2D eigenvalue weighted by Gasteiger charge is 2.46. The molecule has 2 aromatic rings. The molecule has 1 unspecified atom stereocenters. The van der Waals surface area contributed by atoms with Crippen LogP contribution in [0.2, 0.25) is 0 Å². The molecular weight excluding hydrogens is 363 g/mol. The molecule has 28 heavy (non-hydrogen) atoms. The molecule has 0 saturated carbocycles. The lowest BCUT2D eigenvalue weighted by atomic mass is 9.97. The van der Waals surface area contributed by atoms with Crippen molar-refractivity contribution in [2.24, 2.45) is 0 Å². The number of nitrogens with zero attached hydrogens (tertiary/aromatic N) is 2. The van der Waals surface area contributed by atoms with Crippen LogP contribution in [-0.4, -0.2) is 40.3 Å². The van der Waals surface area contributed by atoms with Crippen LogP contribution in [0.4, 0.5) is 4.39 Å². The first-order valence-electron chi connectivity index (χ1n) is 9.02. The number of benzene rings is 1. The second-order valence-electron chi connectivity index (χ2n) is 6.45. The topological polar surface area (TPSA) is 79.7 Å². The molecule has 3 rings (SSSR count). The number of rotatable bonds is 6. The number of hydrogen-bond donors (Lipinski definition) is 1. The maximum atomic E-state index is 13.8. The van der Waals surface area contributed by atoms with E-state index in [4.69, 9.17) is 4.74 Å². The molecule has 1 aliphatic rings. The average molecular weight is 384 g/mol. The Morgan fingerprint density at radius 3 is 2.71 bits per heavy atom. The number of ketones is 1. The quantitative estimate of drug-likeness (QED) is 0.469. The van der Waals surface area contributed by atoms with Gasteiger partial charge in [-0.3, -0.25) is 14.6 Å². The Balaban J connectivity index is 2.21. The Morgan fingerprint density at radius 1 is 1.29 bits per heavy atom. The van der Waals surface area contributed by atoms with Crippen molar-refractivity contribution < 1.29 is 23.8 Å². The van der Waals surface area contributed by atoms with E-state index in [1.165, 1.54) is 24.1 Å². The average Bonchev–Trinajstić information content (AvgIpc) is 2.97. The summed E-state index contributed by atoms with van der Waals surface area (Å²) >= 11 is 0. The molecule has 0 aliphatic carbocycles. The minimum Gasteiger partial charge on any atom is -0.507 e. The van der Waals surface area contributed by atoms with Gasteiger partial charge in [0.25, 0.3) is 11.7 Å². The van der Waals surface area contributed by atoms with Crippen LogP contribution < -0.4 is 4.74 Å². The van der Waals surface area contributed by atoms with E-state index in [0.29, 0.717) is 18.7 Å². The summed E-state index contributed by atoms with van der Waals surface area (Å²) in [5.41, 5.74) is 0.343. The van der Waals surface area contributed by atoms with E-state index in [9.17, 15) is 19.1 Å². The second-order valence-corrected chi connectivity index (χ2v) is 6.45. The predicted octanol–water partition coefficient (Wildman–Crippen LogP) is 3.45. The first kappa shape index (κ1) is 19.5. The number of pyridine rings is 1. The molecule has 6 nitrogen and oxygen atoms in total. The van der Waals surface area contributed by atoms with Crippen molar-refractivity contribution in [1.29, 1.82) is 0 Å². The van der Waals surface area contributed by atoms with Gasteiger partial charge in [0.1, 0.15) is 23.4 Å². The van der Waals surface area contributed by atoms with Gasteiger partial charge in [-0.2, -0.15) is 0 Å². The Kier molecular flexibility index (Phi) is 5.73. The molecule has 0 radical (unpaired) electrons. The lowest BCUT2D eigenvalue weighted by Gasteiger charge is -2.24. The van der Waals surface area contributed by atoms with Crippen molar-refractivity contribution in [2.75, 3.05) is 13.7 Å². The number of hydrogen-bond acceptors (Lipinski definition) is 5. The molecule has 0 bridgehead atoms. The van der Waals surface area contributed by atoms with Crippen LogP contribution in [-0.2, 0) is 9.59 Å². The summed E-state index contributed by atoms with van der Waals surface area (Å²) < 4.78 is 19.0. The highest BCUT2D eigenvalue weighted by molar-refractivity contribution is 6.46. The molecule has 1 aromatic heterocycles. The lowest BCUT2D eigenvalue weighted by molar-refractivity contribution is -0.140. The monoisotopic (exact) mass is 384 g/mol. The summed E-state index contributed by atoms with van der Waals surface area (Å²) in [5.74, 6) is -2.42. The van der Waals surface area contributed by atoms with E-state index >= 15 is 0 Å². The van der Waals surface area contributed by atoms with Crippen LogP contribution >= 0.6 is 0 Å². The van der Waals surface area contributed by atoms with Gasteiger partial charge in [-0.1, -0.05) is 19.4 Å². The Labute approximate surface area is 162 Å². The van der Waals surface area contributed by atoms with Crippen LogP contribution in [0.3, 0.4) is 0 Å². The highest BCUT2D eigenvalue weighted by atomic mass is 19.1. The van der Waals surface area contributed by atoms with Gasteiger partial charge in [0.15, 0.2) is 0 Å². The number of aliphatic hydroxyl groups excluding tert-OH is 1. The molecule has 1 saturated heterocycles. The number of methoxy groups -OCH3 is 1. The van der Waals surface area contributed by atoms with Crippen LogP contribution in [0.15, 0.2) is 48.2 Å². The van der Waals surface area contributed by atoms with Crippen molar-refractivity contribution in [1.82, 2.24) is 9.88 Å². The van der Waals surface area contributed by atoms with Crippen LogP contribution in [0.1, 0.15) is 37.1 Å². The summed E-state index contributed by atoms with van der Waals surface area (Å²) in [5, 5.41) is 10.9. The summed E-state index contributed by atoms with van der Waals surface area (Å²) in [6.07, 6.45) is 3.08. The fraction of sp³-hybridized carbons (Fsp3) is 0.286. The number of ether oxygens (including phenoxy) is 1. The second kappa shape index (κ2) is 8.21. The van der Waals surface area contributed by atoms with Gasteiger partial charge in [-0.05, 0) is 36.8 Å². The molecule has 1 atom stereocenters. The molecule has 1 amide bonds. The van der Waals surface area contributed by atoms with Gasteiger partial charge in [0.05, 0.1) is 23.9 Å². The minimum absolute atomic E-state index is 0.0110. The standard InChI is InChI=1S/C21H21FN2O4/c1-3-4-11-24-18(15-7-5-6-10-23-15)17(20(26)21(24)27)19(25)14-12-13(22)8-9-16(14)28-2/h5-10,12,18,25H,3-4,11H2,1-2H3/b19-17+. The zero-order valence-corrected chi connectivity index (χ0v) is 15.7. The van der Waals surface area contributed by atoms with Crippen molar-refractivity contribution in [3.05, 3.63) is 65.2 Å². The van der Waals surface area contributed by atoms with Crippen LogP contribution in [0, 0.1) is 5.82 Å². The normalized spacial score (nSPS) is 18.5. The zero-order valence-electron chi connectivity index (χ0n) is 15.7. The molecule has 1 fully saturated rings. The Morgan fingerprint density at radius 2 is 2.07 bits per heavy atom. The lowest BCUT2D eigenvalue weighted by Crippen LogP contribution is -2.31. The van der Waals surface area contributed by atoms with E-state index in [0.717, 1.165) is 12.5 Å². The Bertz CT molecular complexity index is 927. The third-order valence-electron chi connectivity index (χ3n) is 4.68. The zero-order chi connectivity index (χ0) is 20.3. The molecule has 1 N–H and O–H groups in total. The third-order valence-corrected chi connectivity index (χ3v) is 4.68. The minimum atomic E-state index is -0.847. The summed E-state index contributed by atoms with van der Waals surface area (Å²) in [6, 6.07) is 7.91. The molecular formula is C21H21FN2O4. The van der Waals surface area contributed by atoms with Crippen molar-refractivity contribution in [3.8, 4) is 5.75 Å². The molecule has 146 valence electrons. The number of aromatic nitrogens is 1. The van der Waals surface area contributed by atoms with E-state index in [1.54, 1.807) is 24.4 Å².